The molecule has 1 aliphatic heterocycles. The molecular formula is C18H30N2O5. The van der Waals surface area contributed by atoms with Crippen LogP contribution < -0.4 is 5.32 Å². The molecule has 0 radical (unpaired) electrons. The number of aliphatic carboxylic acids is 2. The van der Waals surface area contributed by atoms with Gasteiger partial charge in [0.15, 0.2) is 0 Å². The molecule has 0 aromatic rings. The van der Waals surface area contributed by atoms with Crippen LogP contribution in [0, 0.1) is 5.41 Å². The third kappa shape index (κ3) is 3.68. The fourth-order valence-corrected chi connectivity index (χ4v) is 4.68. The van der Waals surface area contributed by atoms with E-state index in [1.54, 1.807) is 6.92 Å². The van der Waals surface area contributed by atoms with Crippen LogP contribution in [-0.2, 0) is 14.4 Å². The van der Waals surface area contributed by atoms with Gasteiger partial charge in [0.2, 0.25) is 0 Å². The number of nitrogens with one attached hydrogen (secondary N) is 1. The Balaban J connectivity index is 1.61. The molecule has 0 aromatic carbocycles. The first kappa shape index (κ1) is 18.6. The van der Waals surface area contributed by atoms with Crippen molar-refractivity contribution in [1.82, 2.24) is 10.4 Å². The third-order valence-electron chi connectivity index (χ3n) is 6.49. The summed E-state index contributed by atoms with van der Waals surface area (Å²) in [6.07, 6.45) is 9.55. The van der Waals surface area contributed by atoms with Crippen molar-refractivity contribution >= 4 is 11.9 Å². The van der Waals surface area contributed by atoms with E-state index in [2.05, 4.69) is 5.32 Å². The summed E-state index contributed by atoms with van der Waals surface area (Å²) in [6.45, 7) is 2.12. The van der Waals surface area contributed by atoms with Crippen LogP contribution in [0.1, 0.15) is 64.7 Å². The summed E-state index contributed by atoms with van der Waals surface area (Å²) < 4.78 is 0. The molecule has 3 unspecified atom stereocenters. The first-order chi connectivity index (χ1) is 11.9. The highest BCUT2D eigenvalue weighted by molar-refractivity contribution is 5.78. The minimum Gasteiger partial charge on any atom is -0.480 e. The quantitative estimate of drug-likeness (QED) is 0.643. The molecule has 1 heterocycles. The van der Waals surface area contributed by atoms with Gasteiger partial charge in [-0.25, -0.2) is 0 Å². The molecule has 142 valence electrons. The van der Waals surface area contributed by atoms with E-state index in [0.717, 1.165) is 12.8 Å². The van der Waals surface area contributed by atoms with E-state index in [0.29, 0.717) is 13.0 Å². The molecule has 0 bridgehead atoms. The molecule has 2 aliphatic carbocycles. The Labute approximate surface area is 148 Å². The minimum atomic E-state index is -1.21. The molecule has 1 spiro atoms. The standard InChI is InChI=1S/C18H30N2O5/c1-17(16(23)24,12-25-20-11-5-6-13(20)15(21)22)19-14-7-10-18(14)8-3-2-4-9-18/h13-14,19H,2-12H2,1H3,(H,21,22)(H,23,24). The Kier molecular flexibility index (Phi) is 5.37. The second-order valence-electron chi connectivity index (χ2n) is 8.21. The van der Waals surface area contributed by atoms with Gasteiger partial charge in [-0.15, -0.1) is 0 Å². The Bertz CT molecular complexity index is 520. The summed E-state index contributed by atoms with van der Waals surface area (Å²) >= 11 is 0. The lowest BCUT2D eigenvalue weighted by Gasteiger charge is -2.54. The van der Waals surface area contributed by atoms with Crippen molar-refractivity contribution in [1.29, 1.82) is 0 Å². The number of hydroxylamine groups is 2. The van der Waals surface area contributed by atoms with E-state index in [1.165, 1.54) is 43.6 Å². The van der Waals surface area contributed by atoms with Crippen molar-refractivity contribution in [3.63, 3.8) is 0 Å². The number of carboxylic acid groups (broad SMARTS) is 2. The SMILES string of the molecule is CC(CON1CCCC1C(=O)O)(NC1CCC12CCCCC2)C(=O)O. The number of rotatable bonds is 7. The van der Waals surface area contributed by atoms with Gasteiger partial charge in [-0.05, 0) is 50.9 Å². The van der Waals surface area contributed by atoms with E-state index in [-0.39, 0.29) is 18.1 Å². The average Bonchev–Trinajstić information content (AvgIpc) is 3.06. The monoisotopic (exact) mass is 354 g/mol. The van der Waals surface area contributed by atoms with Crippen LogP contribution in [0.2, 0.25) is 0 Å². The van der Waals surface area contributed by atoms with Crippen LogP contribution in [0.4, 0.5) is 0 Å². The topological polar surface area (TPSA) is 99.1 Å². The number of hydrogen-bond donors (Lipinski definition) is 3. The van der Waals surface area contributed by atoms with Gasteiger partial charge in [0.25, 0.3) is 0 Å². The van der Waals surface area contributed by atoms with Gasteiger partial charge in [-0.3, -0.25) is 19.7 Å². The molecule has 7 nitrogen and oxygen atoms in total. The predicted molar refractivity (Wildman–Crippen MR) is 91.0 cm³/mol. The molecule has 0 aromatic heterocycles. The normalized spacial score (nSPS) is 31.4. The van der Waals surface area contributed by atoms with Crippen LogP contribution in [0.25, 0.3) is 0 Å². The summed E-state index contributed by atoms with van der Waals surface area (Å²) in [5, 5.41) is 23.8. The predicted octanol–water partition coefficient (Wildman–Crippen LogP) is 2.01. The molecule has 25 heavy (non-hydrogen) atoms. The third-order valence-corrected chi connectivity index (χ3v) is 6.49. The van der Waals surface area contributed by atoms with Gasteiger partial charge < -0.3 is 10.2 Å². The molecule has 3 fully saturated rings. The molecule has 0 amide bonds. The first-order valence-electron chi connectivity index (χ1n) is 9.50. The van der Waals surface area contributed by atoms with Crippen molar-refractivity contribution in [2.75, 3.05) is 13.2 Å². The van der Waals surface area contributed by atoms with Crippen LogP contribution in [0.3, 0.4) is 0 Å². The van der Waals surface area contributed by atoms with Gasteiger partial charge in [0.05, 0.1) is 6.61 Å². The van der Waals surface area contributed by atoms with Crippen LogP contribution in [0.5, 0.6) is 0 Å². The smallest absolute Gasteiger partial charge is 0.326 e. The molecule has 1 saturated heterocycles. The Morgan fingerprint density at radius 1 is 1.16 bits per heavy atom. The Morgan fingerprint density at radius 3 is 2.44 bits per heavy atom. The fraction of sp³-hybridized carbons (Fsp3) is 0.889. The molecule has 3 aliphatic rings. The lowest BCUT2D eigenvalue weighted by atomic mass is 9.57. The maximum absolute atomic E-state index is 11.9. The maximum Gasteiger partial charge on any atom is 0.326 e. The van der Waals surface area contributed by atoms with Crippen LogP contribution >= 0.6 is 0 Å². The van der Waals surface area contributed by atoms with Crippen molar-refractivity contribution < 1.29 is 24.6 Å². The number of carboxylic acids is 2. The number of hydrogen-bond acceptors (Lipinski definition) is 5. The summed E-state index contributed by atoms with van der Waals surface area (Å²) in [7, 11) is 0. The van der Waals surface area contributed by atoms with E-state index in [1.807, 2.05) is 0 Å². The van der Waals surface area contributed by atoms with E-state index in [4.69, 9.17) is 4.84 Å². The molecular weight excluding hydrogens is 324 g/mol. The van der Waals surface area contributed by atoms with Gasteiger partial charge in [-0.2, -0.15) is 5.06 Å². The summed E-state index contributed by atoms with van der Waals surface area (Å²) in [4.78, 5) is 28.8. The second-order valence-corrected chi connectivity index (χ2v) is 8.21. The van der Waals surface area contributed by atoms with Crippen molar-refractivity contribution in [3.05, 3.63) is 0 Å². The van der Waals surface area contributed by atoms with Crippen molar-refractivity contribution in [3.8, 4) is 0 Å². The zero-order valence-electron chi connectivity index (χ0n) is 15.0. The Morgan fingerprint density at radius 2 is 1.88 bits per heavy atom. The number of nitrogens with zero attached hydrogens (tertiary/aromatic N) is 1. The largest absolute Gasteiger partial charge is 0.480 e. The lowest BCUT2D eigenvalue weighted by Crippen LogP contribution is -2.65. The summed E-state index contributed by atoms with van der Waals surface area (Å²) in [5.74, 6) is -1.86. The van der Waals surface area contributed by atoms with Gasteiger partial charge in [0.1, 0.15) is 11.6 Å². The molecule has 2 saturated carbocycles. The summed E-state index contributed by atoms with van der Waals surface area (Å²) in [6, 6.07) is -0.460. The van der Waals surface area contributed by atoms with E-state index in [9.17, 15) is 19.8 Å². The first-order valence-corrected chi connectivity index (χ1v) is 9.50. The van der Waals surface area contributed by atoms with Crippen molar-refractivity contribution in [2.45, 2.75) is 82.3 Å². The van der Waals surface area contributed by atoms with E-state index >= 15 is 0 Å². The molecule has 3 rings (SSSR count). The van der Waals surface area contributed by atoms with Crippen LogP contribution in [-0.4, -0.2) is 58.0 Å². The molecule has 7 heteroatoms. The maximum atomic E-state index is 11.9. The minimum absolute atomic E-state index is 0.0569. The average molecular weight is 354 g/mol. The van der Waals surface area contributed by atoms with Gasteiger partial charge >= 0.3 is 11.9 Å². The lowest BCUT2D eigenvalue weighted by molar-refractivity contribution is -0.201. The fourth-order valence-electron chi connectivity index (χ4n) is 4.68. The van der Waals surface area contributed by atoms with Gasteiger partial charge in [0, 0.05) is 12.6 Å². The Hall–Kier alpha value is -1.18. The van der Waals surface area contributed by atoms with Crippen LogP contribution in [0.15, 0.2) is 0 Å². The highest BCUT2D eigenvalue weighted by Crippen LogP contribution is 2.52. The summed E-state index contributed by atoms with van der Waals surface area (Å²) in [5.41, 5.74) is -0.951. The highest BCUT2D eigenvalue weighted by Gasteiger charge is 2.50. The van der Waals surface area contributed by atoms with E-state index < -0.39 is 23.5 Å². The molecule has 3 atom stereocenters. The number of carbonyl (C=O) groups is 2. The zero-order chi connectivity index (χ0) is 18.1. The van der Waals surface area contributed by atoms with Crippen molar-refractivity contribution in [2.24, 2.45) is 5.41 Å². The second kappa shape index (κ2) is 7.21. The molecule has 3 N–H and O–H groups in total. The zero-order valence-corrected chi connectivity index (χ0v) is 15.0. The van der Waals surface area contributed by atoms with Gasteiger partial charge in [-0.1, -0.05) is 19.3 Å². The highest BCUT2D eigenvalue weighted by atomic mass is 16.7.